The Kier molecular flexibility index (Phi) is 5.11. The lowest BCUT2D eigenvalue weighted by molar-refractivity contribution is -0.274. The molecule has 0 aliphatic carbocycles. The molecule has 0 atom stereocenters. The lowest BCUT2D eigenvalue weighted by atomic mass is 10.0. The van der Waals surface area contributed by atoms with Gasteiger partial charge in [0.05, 0.1) is 0 Å². The first kappa shape index (κ1) is 15.7. The van der Waals surface area contributed by atoms with Gasteiger partial charge in [-0.3, -0.25) is 4.79 Å². The quantitative estimate of drug-likeness (QED) is 0.459. The minimum absolute atomic E-state index is 0.119. The molecule has 0 saturated heterocycles. The van der Waals surface area contributed by atoms with Crippen molar-refractivity contribution < 1.29 is 31.5 Å². The third kappa shape index (κ3) is 4.66. The van der Waals surface area contributed by atoms with Gasteiger partial charge in [-0.15, -0.1) is 24.8 Å². The highest BCUT2D eigenvalue weighted by Crippen LogP contribution is 2.30. The van der Waals surface area contributed by atoms with Crippen LogP contribution in [-0.2, 0) is 0 Å². The molecular weight excluding hydrogens is 295 g/mol. The predicted octanol–water partition coefficient (Wildman–Crippen LogP) is 4.33. The summed E-state index contributed by atoms with van der Waals surface area (Å²) in [6, 6.07) is 2.10. The van der Waals surface area contributed by atoms with Crippen molar-refractivity contribution in [3.63, 3.8) is 0 Å². The lowest BCUT2D eigenvalue weighted by Crippen LogP contribution is -2.17. The largest absolute Gasteiger partial charge is 0.573 e. The first-order valence-corrected chi connectivity index (χ1v) is 5.55. The van der Waals surface area contributed by atoms with Gasteiger partial charge in [0, 0.05) is 23.4 Å². The van der Waals surface area contributed by atoms with Crippen molar-refractivity contribution in [1.82, 2.24) is 0 Å². The van der Waals surface area contributed by atoms with Gasteiger partial charge >= 0.3 is 6.36 Å². The maximum Gasteiger partial charge on any atom is 0.573 e. The summed E-state index contributed by atoms with van der Waals surface area (Å²) >= 11 is 5.30. The third-order valence-electron chi connectivity index (χ3n) is 2.12. The van der Waals surface area contributed by atoms with Crippen molar-refractivity contribution in [1.29, 1.82) is 0 Å². The van der Waals surface area contributed by atoms with E-state index in [1.165, 1.54) is 0 Å². The molecule has 0 aliphatic rings. The van der Waals surface area contributed by atoms with E-state index in [-0.39, 0.29) is 12.3 Å². The van der Waals surface area contributed by atoms with Gasteiger partial charge in [0.2, 0.25) is 0 Å². The van der Waals surface area contributed by atoms with Crippen molar-refractivity contribution in [3.8, 4) is 5.75 Å². The molecule has 1 aromatic carbocycles. The number of alkyl halides is 6. The number of ether oxygens (including phenoxy) is 1. The molecule has 1 rings (SSSR count). The highest BCUT2D eigenvalue weighted by atomic mass is 35.5. The molecule has 0 aliphatic heterocycles. The summed E-state index contributed by atoms with van der Waals surface area (Å²) in [6.45, 7) is 0. The van der Waals surface area contributed by atoms with E-state index in [1.807, 2.05) is 0 Å². The van der Waals surface area contributed by atoms with Gasteiger partial charge in [0.15, 0.2) is 5.78 Å². The second-order valence-corrected chi connectivity index (χ2v) is 3.84. The molecular formula is C11H8ClF5O2. The van der Waals surface area contributed by atoms with Crippen molar-refractivity contribution >= 4 is 17.4 Å². The Morgan fingerprint density at radius 3 is 2.42 bits per heavy atom. The number of rotatable bonds is 5. The molecule has 106 valence electrons. The van der Waals surface area contributed by atoms with Crippen LogP contribution >= 0.6 is 11.6 Å². The summed E-state index contributed by atoms with van der Waals surface area (Å²) < 4.78 is 64.9. The topological polar surface area (TPSA) is 26.3 Å². The van der Waals surface area contributed by atoms with E-state index >= 15 is 0 Å². The van der Waals surface area contributed by atoms with Crippen LogP contribution in [-0.4, -0.2) is 18.0 Å². The Hall–Kier alpha value is -1.37. The van der Waals surface area contributed by atoms with Gasteiger partial charge < -0.3 is 4.74 Å². The van der Waals surface area contributed by atoms with E-state index in [4.69, 9.17) is 11.6 Å². The fourth-order valence-corrected chi connectivity index (χ4v) is 1.56. The van der Waals surface area contributed by atoms with Crippen molar-refractivity contribution in [3.05, 3.63) is 29.3 Å². The fourth-order valence-electron chi connectivity index (χ4n) is 1.38. The van der Waals surface area contributed by atoms with Crippen LogP contribution in [0.1, 0.15) is 28.8 Å². The molecule has 0 aromatic heterocycles. The second-order valence-electron chi connectivity index (χ2n) is 3.46. The number of hydrogen-bond donors (Lipinski definition) is 0. The number of hydrogen-bond acceptors (Lipinski definition) is 2. The van der Waals surface area contributed by atoms with Gasteiger partial charge in [-0.25, -0.2) is 8.78 Å². The minimum atomic E-state index is -4.96. The molecule has 2 nitrogen and oxygen atoms in total. The predicted molar refractivity (Wildman–Crippen MR) is 57.7 cm³/mol. The number of Topliss-reactive ketones (excluding diaryl/α,β-unsaturated/α-hetero) is 1. The van der Waals surface area contributed by atoms with Crippen LogP contribution in [0, 0.1) is 0 Å². The Morgan fingerprint density at radius 2 is 1.95 bits per heavy atom. The Labute approximate surface area is 110 Å². The van der Waals surface area contributed by atoms with Crippen LogP contribution in [0.3, 0.4) is 0 Å². The number of carbonyl (C=O) groups excluding carboxylic acids is 1. The summed E-state index contributed by atoms with van der Waals surface area (Å²) in [7, 11) is 0. The molecule has 0 radical (unpaired) electrons. The van der Waals surface area contributed by atoms with Crippen LogP contribution in [0.4, 0.5) is 22.0 Å². The molecule has 0 N–H and O–H groups in total. The SMILES string of the molecule is O=C(CCCl)c1cc(OC(F)(F)F)ccc1C(F)F. The van der Waals surface area contributed by atoms with Crippen LogP contribution in [0.25, 0.3) is 0 Å². The molecule has 8 heteroatoms. The Balaban J connectivity index is 3.15. The molecule has 0 saturated carbocycles. The summed E-state index contributed by atoms with van der Waals surface area (Å²) in [5.74, 6) is -1.61. The Morgan fingerprint density at radius 1 is 1.32 bits per heavy atom. The normalized spacial score (nSPS) is 11.7. The first-order chi connectivity index (χ1) is 8.74. The van der Waals surface area contributed by atoms with E-state index < -0.39 is 35.4 Å². The van der Waals surface area contributed by atoms with Gasteiger partial charge in [-0.1, -0.05) is 0 Å². The highest BCUT2D eigenvalue weighted by Gasteiger charge is 2.31. The second kappa shape index (κ2) is 6.18. The van der Waals surface area contributed by atoms with Gasteiger partial charge in [0.1, 0.15) is 5.75 Å². The van der Waals surface area contributed by atoms with E-state index in [2.05, 4.69) is 4.74 Å². The standard InChI is InChI=1S/C11H8ClF5O2/c12-4-3-9(18)8-5-6(19-11(15,16)17)1-2-7(8)10(13)14/h1-2,5,10H,3-4H2. The zero-order valence-corrected chi connectivity index (χ0v) is 10.1. The zero-order chi connectivity index (χ0) is 14.6. The van der Waals surface area contributed by atoms with E-state index in [0.717, 1.165) is 12.1 Å². The van der Waals surface area contributed by atoms with Crippen molar-refractivity contribution in [2.75, 3.05) is 5.88 Å². The van der Waals surface area contributed by atoms with Gasteiger partial charge in [0.25, 0.3) is 6.43 Å². The summed E-state index contributed by atoms with van der Waals surface area (Å²) in [5, 5.41) is 0. The summed E-state index contributed by atoms with van der Waals surface area (Å²) in [4.78, 5) is 11.5. The maximum absolute atomic E-state index is 12.6. The number of benzene rings is 1. The van der Waals surface area contributed by atoms with Gasteiger partial charge in [-0.05, 0) is 18.2 Å². The molecule has 19 heavy (non-hydrogen) atoms. The van der Waals surface area contributed by atoms with Gasteiger partial charge in [-0.2, -0.15) is 0 Å². The van der Waals surface area contributed by atoms with E-state index in [9.17, 15) is 26.7 Å². The zero-order valence-electron chi connectivity index (χ0n) is 9.31. The number of carbonyl (C=O) groups is 1. The van der Waals surface area contributed by atoms with E-state index in [0.29, 0.717) is 6.07 Å². The van der Waals surface area contributed by atoms with Crippen LogP contribution in [0.5, 0.6) is 5.75 Å². The molecule has 0 unspecified atom stereocenters. The molecule has 0 fully saturated rings. The maximum atomic E-state index is 12.6. The number of ketones is 1. The first-order valence-electron chi connectivity index (χ1n) is 5.01. The van der Waals surface area contributed by atoms with Crippen LogP contribution in [0.15, 0.2) is 18.2 Å². The number of halogens is 6. The molecule has 1 aromatic rings. The summed E-state index contributed by atoms with van der Waals surface area (Å²) in [6.07, 6.45) is -8.19. The summed E-state index contributed by atoms with van der Waals surface area (Å²) in [5.41, 5.74) is -1.16. The average Bonchev–Trinajstić information content (AvgIpc) is 2.26. The average molecular weight is 303 g/mol. The third-order valence-corrected chi connectivity index (χ3v) is 2.30. The monoisotopic (exact) mass is 302 g/mol. The Bertz CT molecular complexity index is 459. The highest BCUT2D eigenvalue weighted by molar-refractivity contribution is 6.19. The van der Waals surface area contributed by atoms with E-state index in [1.54, 1.807) is 0 Å². The fraction of sp³-hybridized carbons (Fsp3) is 0.364. The lowest BCUT2D eigenvalue weighted by Gasteiger charge is -2.12. The van der Waals surface area contributed by atoms with Crippen molar-refractivity contribution in [2.24, 2.45) is 0 Å². The molecule has 0 spiro atoms. The van der Waals surface area contributed by atoms with Crippen LogP contribution in [0.2, 0.25) is 0 Å². The minimum Gasteiger partial charge on any atom is -0.406 e. The smallest absolute Gasteiger partial charge is 0.406 e. The molecule has 0 bridgehead atoms. The van der Waals surface area contributed by atoms with Crippen LogP contribution < -0.4 is 4.74 Å². The molecule has 0 heterocycles. The van der Waals surface area contributed by atoms with Crippen molar-refractivity contribution in [2.45, 2.75) is 19.2 Å². The molecule has 0 amide bonds.